The standard InChI is InChI=1S/C42H26N4.C6H3BrN2.3H2/c1-43-31-19-23-38(44-27-31)28-15-20-33(21-16-28)46-39-13-7-5-11-34(39)36-22-17-30(26-42(36)46)29-18-24-41-37(25-29)35-12-6-8-14-40(35)45(41)32-9-3-2-4-10-32;7-6-2-1-5(3-8)4-9-6;;;/h2-27H;1-2,4H;3*1H. The third kappa shape index (κ3) is 6.19. The number of rotatable bonds is 4. The molecular weight excluding hydrogens is 740 g/mol. The van der Waals surface area contributed by atoms with Crippen LogP contribution in [0.1, 0.15) is 9.84 Å². The molecule has 6 aromatic carbocycles. The summed E-state index contributed by atoms with van der Waals surface area (Å²) in [7, 11) is 0. The maximum Gasteiger partial charge on any atom is 0.205 e. The Kier molecular flexibility index (Phi) is 8.68. The fourth-order valence-corrected chi connectivity index (χ4v) is 7.52. The van der Waals surface area contributed by atoms with Crippen molar-refractivity contribution in [2.45, 2.75) is 0 Å². The van der Waals surface area contributed by atoms with Crippen LogP contribution in [0.15, 0.2) is 181 Å². The van der Waals surface area contributed by atoms with Gasteiger partial charge in [0.1, 0.15) is 10.7 Å². The fourth-order valence-electron chi connectivity index (χ4n) is 7.28. The van der Waals surface area contributed by atoms with Crippen LogP contribution < -0.4 is 0 Å². The summed E-state index contributed by atoms with van der Waals surface area (Å²) in [4.78, 5) is 11.8. The summed E-state index contributed by atoms with van der Waals surface area (Å²) in [6, 6.07) is 59.2. The smallest absolute Gasteiger partial charge is 0.205 e. The normalized spacial score (nSPS) is 11.0. The lowest BCUT2D eigenvalue weighted by Gasteiger charge is -2.11. The van der Waals surface area contributed by atoms with E-state index in [9.17, 15) is 0 Å². The minimum atomic E-state index is 0. The molecule has 0 radical (unpaired) electrons. The molecule has 0 aliphatic carbocycles. The first-order chi connectivity index (χ1) is 27.1. The number of pyridine rings is 2. The van der Waals surface area contributed by atoms with Gasteiger partial charge in [0.05, 0.1) is 39.9 Å². The van der Waals surface area contributed by atoms with Crippen molar-refractivity contribution in [2.24, 2.45) is 0 Å². The molecule has 0 saturated carbocycles. The maximum absolute atomic E-state index is 8.32. The van der Waals surface area contributed by atoms with Crippen molar-refractivity contribution in [3.8, 4) is 39.8 Å². The Bertz CT molecular complexity index is 3110. The van der Waals surface area contributed by atoms with Crippen LogP contribution in [0.25, 0.3) is 82.2 Å². The highest BCUT2D eigenvalue weighted by Crippen LogP contribution is 2.38. The molecule has 0 aliphatic rings. The van der Waals surface area contributed by atoms with Crippen molar-refractivity contribution in [2.75, 3.05) is 0 Å². The first-order valence-corrected chi connectivity index (χ1v) is 18.5. The molecule has 0 atom stereocenters. The Hall–Kier alpha value is -7.32. The zero-order valence-corrected chi connectivity index (χ0v) is 30.9. The second kappa shape index (κ2) is 14.2. The van der Waals surface area contributed by atoms with Crippen molar-refractivity contribution in [3.05, 3.63) is 198 Å². The van der Waals surface area contributed by atoms with Gasteiger partial charge in [-0.2, -0.15) is 5.26 Å². The highest BCUT2D eigenvalue weighted by Gasteiger charge is 2.16. The van der Waals surface area contributed by atoms with E-state index in [2.05, 4.69) is 179 Å². The molecular formula is C48H35BrN6. The SMILES string of the molecule is N#Cc1ccc(Br)nc1.[C-]#[N+]c1ccc(-c2ccc(-n3c4ccccc4c4ccc(-c5ccc6c(c5)c5ccccc5n6-c5ccccc5)cc43)cc2)nc1.[HH].[HH].[HH]. The molecule has 4 aromatic heterocycles. The van der Waals surface area contributed by atoms with Crippen LogP contribution in [-0.4, -0.2) is 19.1 Å². The van der Waals surface area contributed by atoms with E-state index in [1.54, 1.807) is 18.3 Å². The Balaban J connectivity index is 0.000000422. The number of aromatic nitrogens is 4. The molecule has 55 heavy (non-hydrogen) atoms. The molecule has 7 heteroatoms. The maximum atomic E-state index is 8.32. The first kappa shape index (κ1) is 33.5. The van der Waals surface area contributed by atoms with Gasteiger partial charge in [-0.25, -0.2) is 9.83 Å². The molecule has 0 bridgehead atoms. The van der Waals surface area contributed by atoms with Gasteiger partial charge < -0.3 is 9.13 Å². The summed E-state index contributed by atoms with van der Waals surface area (Å²) in [6.07, 6.45) is 3.14. The second-order valence-corrected chi connectivity index (χ2v) is 13.9. The molecule has 0 N–H and O–H groups in total. The first-order valence-electron chi connectivity index (χ1n) is 17.7. The van der Waals surface area contributed by atoms with Gasteiger partial charge in [-0.05, 0) is 99.9 Å². The molecule has 0 amide bonds. The number of fused-ring (bicyclic) bond motifs is 6. The van der Waals surface area contributed by atoms with Gasteiger partial charge in [0.2, 0.25) is 5.69 Å². The predicted molar refractivity (Wildman–Crippen MR) is 233 cm³/mol. The molecule has 264 valence electrons. The van der Waals surface area contributed by atoms with Crippen LogP contribution in [0.4, 0.5) is 5.69 Å². The summed E-state index contributed by atoms with van der Waals surface area (Å²) >= 11 is 3.15. The lowest BCUT2D eigenvalue weighted by Crippen LogP contribution is -1.94. The minimum Gasteiger partial charge on any atom is -0.309 e. The van der Waals surface area contributed by atoms with E-state index >= 15 is 0 Å². The number of hydrogen-bond acceptors (Lipinski definition) is 3. The van der Waals surface area contributed by atoms with Crippen LogP contribution >= 0.6 is 15.9 Å². The molecule has 6 nitrogen and oxygen atoms in total. The third-order valence-corrected chi connectivity index (χ3v) is 10.3. The minimum absolute atomic E-state index is 0. The van der Waals surface area contributed by atoms with Crippen LogP contribution in [0, 0.1) is 17.9 Å². The fraction of sp³-hybridized carbons (Fsp3) is 0. The van der Waals surface area contributed by atoms with E-state index in [-0.39, 0.29) is 4.28 Å². The number of nitrogens with zero attached hydrogens (tertiary/aromatic N) is 6. The monoisotopic (exact) mass is 774 g/mol. The quantitative estimate of drug-likeness (QED) is 0.132. The predicted octanol–water partition coefficient (Wildman–Crippen LogP) is 13.6. The highest BCUT2D eigenvalue weighted by molar-refractivity contribution is 9.10. The zero-order chi connectivity index (χ0) is 37.3. The Morgan fingerprint density at radius 1 is 0.527 bits per heavy atom. The van der Waals surface area contributed by atoms with Crippen LogP contribution in [0.3, 0.4) is 0 Å². The van der Waals surface area contributed by atoms with E-state index in [4.69, 9.17) is 11.8 Å². The van der Waals surface area contributed by atoms with Crippen molar-refractivity contribution in [3.63, 3.8) is 0 Å². The summed E-state index contributed by atoms with van der Waals surface area (Å²) in [5, 5.41) is 13.3. The summed E-state index contributed by atoms with van der Waals surface area (Å²) in [6.45, 7) is 7.21. The number of hydrogen-bond donors (Lipinski definition) is 0. The highest BCUT2D eigenvalue weighted by atomic mass is 79.9. The molecule has 10 aromatic rings. The lowest BCUT2D eigenvalue weighted by atomic mass is 10.0. The topological polar surface area (TPSA) is 63.8 Å². The molecule has 0 saturated heterocycles. The summed E-state index contributed by atoms with van der Waals surface area (Å²) in [5.74, 6) is 0. The van der Waals surface area contributed by atoms with Gasteiger partial charge >= 0.3 is 0 Å². The van der Waals surface area contributed by atoms with Gasteiger partial charge in [-0.1, -0.05) is 91.0 Å². The van der Waals surface area contributed by atoms with E-state index in [1.165, 1.54) is 55.4 Å². The zero-order valence-electron chi connectivity index (χ0n) is 29.3. The summed E-state index contributed by atoms with van der Waals surface area (Å²) in [5.41, 5.74) is 12.4. The Labute approximate surface area is 330 Å². The van der Waals surface area contributed by atoms with Crippen LogP contribution in [-0.2, 0) is 0 Å². The van der Waals surface area contributed by atoms with E-state index < -0.39 is 0 Å². The van der Waals surface area contributed by atoms with Gasteiger partial charge in [0.25, 0.3) is 0 Å². The van der Waals surface area contributed by atoms with Crippen molar-refractivity contribution in [1.82, 2.24) is 19.1 Å². The van der Waals surface area contributed by atoms with Crippen molar-refractivity contribution >= 4 is 65.2 Å². The van der Waals surface area contributed by atoms with Crippen LogP contribution in [0.5, 0.6) is 0 Å². The molecule has 0 unspecified atom stereocenters. The van der Waals surface area contributed by atoms with Gasteiger partial charge in [0.15, 0.2) is 0 Å². The largest absolute Gasteiger partial charge is 0.309 e. The molecule has 4 heterocycles. The second-order valence-electron chi connectivity index (χ2n) is 13.0. The van der Waals surface area contributed by atoms with Gasteiger partial charge in [-0.15, -0.1) is 0 Å². The van der Waals surface area contributed by atoms with Gasteiger partial charge in [-0.3, -0.25) is 4.98 Å². The van der Waals surface area contributed by atoms with Crippen molar-refractivity contribution < 1.29 is 4.28 Å². The van der Waals surface area contributed by atoms with Gasteiger partial charge in [0, 0.05) is 55.2 Å². The number of benzene rings is 6. The molecule has 10 rings (SSSR count). The number of nitriles is 1. The Morgan fingerprint density at radius 3 is 1.80 bits per heavy atom. The Morgan fingerprint density at radius 2 is 1.13 bits per heavy atom. The van der Waals surface area contributed by atoms with Crippen molar-refractivity contribution in [1.29, 1.82) is 5.26 Å². The summed E-state index contributed by atoms with van der Waals surface area (Å²) < 4.78 is 5.46. The lowest BCUT2D eigenvalue weighted by molar-refractivity contribution is 1.18. The third-order valence-electron chi connectivity index (χ3n) is 9.85. The average Bonchev–Trinajstić information content (AvgIpc) is 3.77. The van der Waals surface area contributed by atoms with Crippen LogP contribution in [0.2, 0.25) is 0 Å². The average molecular weight is 776 g/mol. The molecule has 0 fully saturated rings. The van der Waals surface area contributed by atoms with E-state index in [0.29, 0.717) is 11.3 Å². The number of para-hydroxylation sites is 3. The molecule has 0 spiro atoms. The number of halogens is 1. The van der Waals surface area contributed by atoms with E-state index in [1.807, 2.05) is 18.2 Å². The van der Waals surface area contributed by atoms with E-state index in [0.717, 1.165) is 32.8 Å². The molecule has 0 aliphatic heterocycles.